The third-order valence-corrected chi connectivity index (χ3v) is 13.1. The van der Waals surface area contributed by atoms with Gasteiger partial charge in [-0.25, -0.2) is 9.97 Å². The maximum absolute atomic E-state index is 5.41. The highest BCUT2D eigenvalue weighted by molar-refractivity contribution is 5.83. The van der Waals surface area contributed by atoms with E-state index in [1.807, 2.05) is 12.1 Å². The van der Waals surface area contributed by atoms with Crippen molar-refractivity contribution in [2.45, 2.75) is 156 Å². The normalized spacial score (nSPS) is 11.3. The van der Waals surface area contributed by atoms with Crippen molar-refractivity contribution < 1.29 is 0 Å². The van der Waals surface area contributed by atoms with E-state index in [1.54, 1.807) is 0 Å². The second kappa shape index (κ2) is 25.7. The molecule has 5 aromatic carbocycles. The van der Waals surface area contributed by atoms with Gasteiger partial charge >= 0.3 is 0 Å². The maximum atomic E-state index is 5.41. The molecule has 7 aromatic rings. The summed E-state index contributed by atoms with van der Waals surface area (Å²) in [5.41, 5.74) is 15.3. The lowest BCUT2D eigenvalue weighted by Crippen LogP contribution is -2.05. The quantitative estimate of drug-likeness (QED) is 0.0504. The SMILES string of the molecule is CCCCCCc1cccc(-c2nc(-c3ccc(-c4nnc(-c5ccccc5)c(-c5cccc(CCCCCC)c5CCCCCC)n4)cc3)nnc2-c2ccccc2)c1CCCCCC. The Bertz CT molecular complexity index is 2360. The molecule has 0 bridgehead atoms. The smallest absolute Gasteiger partial charge is 0.182 e. The minimum Gasteiger partial charge on any atom is -0.224 e. The van der Waals surface area contributed by atoms with Crippen LogP contribution in [-0.4, -0.2) is 30.4 Å². The highest BCUT2D eigenvalue weighted by Crippen LogP contribution is 2.37. The average molecular weight is 877 g/mol. The van der Waals surface area contributed by atoms with Crippen LogP contribution >= 0.6 is 0 Å². The molecular weight excluding hydrogens is 805 g/mol. The van der Waals surface area contributed by atoms with Crippen LogP contribution in [0.1, 0.15) is 153 Å². The summed E-state index contributed by atoms with van der Waals surface area (Å²) in [6, 6.07) is 42.8. The van der Waals surface area contributed by atoms with Crippen LogP contribution in [0, 0.1) is 0 Å². The lowest BCUT2D eigenvalue weighted by Gasteiger charge is -2.18. The van der Waals surface area contributed by atoms with Gasteiger partial charge in [0.05, 0.1) is 0 Å². The summed E-state index contributed by atoms with van der Waals surface area (Å²) in [5.74, 6) is 1.20. The summed E-state index contributed by atoms with van der Waals surface area (Å²) in [7, 11) is 0. The van der Waals surface area contributed by atoms with E-state index in [0.29, 0.717) is 11.6 Å². The van der Waals surface area contributed by atoms with Crippen LogP contribution in [0.3, 0.4) is 0 Å². The molecule has 7 rings (SSSR count). The molecule has 0 atom stereocenters. The molecule has 2 aromatic heterocycles. The number of aryl methyl sites for hydroxylation is 2. The van der Waals surface area contributed by atoms with E-state index >= 15 is 0 Å². The standard InChI is InChI=1S/C60H72N6/c1-5-9-13-19-29-45-35-27-39-53(51(45)37-25-15-11-7-3)57-55(47-31-21-17-22-32-47)63-65-59(61-57)49-41-43-50(44-42-49)60-62-58(56(64-66-60)48-33-23-18-24-34-48)54-40-28-36-46(30-20-14-10-6-2)52(54)38-26-16-12-8-4/h17-18,21-24,27-28,31-36,39-44H,5-16,19-20,25-26,29-30,37-38H2,1-4H3. The molecule has 0 fully saturated rings. The van der Waals surface area contributed by atoms with Crippen molar-refractivity contribution in [3.63, 3.8) is 0 Å². The van der Waals surface area contributed by atoms with E-state index < -0.39 is 0 Å². The van der Waals surface area contributed by atoms with Gasteiger partial charge in [-0.05, 0) is 73.6 Å². The summed E-state index contributed by atoms with van der Waals surface area (Å²) in [4.78, 5) is 10.8. The van der Waals surface area contributed by atoms with Crippen molar-refractivity contribution in [1.82, 2.24) is 30.4 Å². The molecule has 342 valence electrons. The van der Waals surface area contributed by atoms with Crippen LogP contribution in [0.5, 0.6) is 0 Å². The molecule has 2 heterocycles. The highest BCUT2D eigenvalue weighted by Gasteiger charge is 2.22. The largest absolute Gasteiger partial charge is 0.224 e. The number of hydrogen-bond donors (Lipinski definition) is 0. The van der Waals surface area contributed by atoms with Gasteiger partial charge in [0.25, 0.3) is 0 Å². The molecule has 0 saturated carbocycles. The third kappa shape index (κ3) is 12.7. The number of unbranched alkanes of at least 4 members (excludes halogenated alkanes) is 12. The molecule has 0 radical (unpaired) electrons. The van der Waals surface area contributed by atoms with Gasteiger partial charge < -0.3 is 0 Å². The first-order chi connectivity index (χ1) is 32.6. The maximum Gasteiger partial charge on any atom is 0.182 e. The molecule has 0 saturated heterocycles. The van der Waals surface area contributed by atoms with Crippen LogP contribution in [0.2, 0.25) is 0 Å². The summed E-state index contributed by atoms with van der Waals surface area (Å²) in [5, 5.41) is 19.5. The Morgan fingerprint density at radius 2 is 0.652 bits per heavy atom. The van der Waals surface area contributed by atoms with E-state index in [9.17, 15) is 0 Å². The predicted molar refractivity (Wildman–Crippen MR) is 277 cm³/mol. The van der Waals surface area contributed by atoms with Gasteiger partial charge in [0.1, 0.15) is 22.8 Å². The van der Waals surface area contributed by atoms with Crippen molar-refractivity contribution in [1.29, 1.82) is 0 Å². The van der Waals surface area contributed by atoms with E-state index in [0.717, 1.165) is 83.6 Å². The van der Waals surface area contributed by atoms with Crippen LogP contribution in [-0.2, 0) is 25.7 Å². The van der Waals surface area contributed by atoms with Crippen molar-refractivity contribution in [2.75, 3.05) is 0 Å². The Hall–Kier alpha value is -5.88. The van der Waals surface area contributed by atoms with Crippen LogP contribution in [0.15, 0.2) is 121 Å². The number of benzene rings is 5. The van der Waals surface area contributed by atoms with Gasteiger partial charge in [0.2, 0.25) is 0 Å². The molecule has 0 unspecified atom stereocenters. The number of nitrogens with zero attached hydrogens (tertiary/aromatic N) is 6. The first-order valence-electron chi connectivity index (χ1n) is 25.6. The van der Waals surface area contributed by atoms with Crippen molar-refractivity contribution in [3.8, 4) is 67.8 Å². The lowest BCUT2D eigenvalue weighted by molar-refractivity contribution is 0.651. The van der Waals surface area contributed by atoms with Gasteiger partial charge in [-0.15, -0.1) is 20.4 Å². The Morgan fingerprint density at radius 3 is 1.02 bits per heavy atom. The monoisotopic (exact) mass is 877 g/mol. The summed E-state index contributed by atoms with van der Waals surface area (Å²) in [6.07, 6.45) is 23.9. The first-order valence-corrected chi connectivity index (χ1v) is 25.6. The van der Waals surface area contributed by atoms with Gasteiger partial charge in [-0.2, -0.15) is 0 Å². The fourth-order valence-corrected chi connectivity index (χ4v) is 9.33. The zero-order chi connectivity index (χ0) is 45.8. The molecule has 0 amide bonds. The molecule has 6 nitrogen and oxygen atoms in total. The van der Waals surface area contributed by atoms with Gasteiger partial charge in [0.15, 0.2) is 11.6 Å². The Morgan fingerprint density at radius 1 is 0.288 bits per heavy atom. The second-order valence-corrected chi connectivity index (χ2v) is 18.1. The molecule has 6 heteroatoms. The Labute approximate surface area is 396 Å². The Kier molecular flexibility index (Phi) is 18.7. The van der Waals surface area contributed by atoms with Crippen LogP contribution in [0.25, 0.3) is 67.8 Å². The molecule has 0 aliphatic rings. The fourth-order valence-electron chi connectivity index (χ4n) is 9.33. The van der Waals surface area contributed by atoms with E-state index in [-0.39, 0.29) is 0 Å². The van der Waals surface area contributed by atoms with E-state index in [4.69, 9.17) is 30.4 Å². The van der Waals surface area contributed by atoms with Crippen LogP contribution < -0.4 is 0 Å². The topological polar surface area (TPSA) is 77.3 Å². The zero-order valence-electron chi connectivity index (χ0n) is 40.4. The predicted octanol–water partition coefficient (Wildman–Crippen LogP) is 16.5. The summed E-state index contributed by atoms with van der Waals surface area (Å²) in [6.45, 7) is 9.13. The van der Waals surface area contributed by atoms with E-state index in [2.05, 4.69) is 137 Å². The van der Waals surface area contributed by atoms with Gasteiger partial charge in [-0.1, -0.05) is 226 Å². The van der Waals surface area contributed by atoms with Crippen molar-refractivity contribution >= 4 is 0 Å². The highest BCUT2D eigenvalue weighted by atomic mass is 15.2. The third-order valence-electron chi connectivity index (χ3n) is 13.1. The van der Waals surface area contributed by atoms with Gasteiger partial charge in [0, 0.05) is 33.4 Å². The van der Waals surface area contributed by atoms with Crippen LogP contribution in [0.4, 0.5) is 0 Å². The van der Waals surface area contributed by atoms with Crippen molar-refractivity contribution in [3.05, 3.63) is 144 Å². The molecule has 66 heavy (non-hydrogen) atoms. The zero-order valence-corrected chi connectivity index (χ0v) is 40.4. The van der Waals surface area contributed by atoms with E-state index in [1.165, 1.54) is 123 Å². The lowest BCUT2D eigenvalue weighted by atomic mass is 9.90. The second-order valence-electron chi connectivity index (χ2n) is 18.1. The summed E-state index contributed by atoms with van der Waals surface area (Å²) < 4.78 is 0. The number of rotatable bonds is 26. The molecule has 0 N–H and O–H groups in total. The average Bonchev–Trinajstić information content (AvgIpc) is 3.37. The molecular formula is C60H72N6. The minimum atomic E-state index is 0.601. The fraction of sp³-hybridized carbons (Fsp3) is 0.400. The number of aromatic nitrogens is 6. The molecule has 0 aliphatic carbocycles. The van der Waals surface area contributed by atoms with Crippen molar-refractivity contribution in [2.24, 2.45) is 0 Å². The molecule has 0 spiro atoms. The summed E-state index contributed by atoms with van der Waals surface area (Å²) >= 11 is 0. The minimum absolute atomic E-state index is 0.601. The van der Waals surface area contributed by atoms with Gasteiger partial charge in [-0.3, -0.25) is 0 Å². The molecule has 0 aliphatic heterocycles. The number of hydrogen-bond acceptors (Lipinski definition) is 6. The first kappa shape index (κ1) is 48.1. The Balaban J connectivity index is 1.28.